The minimum atomic E-state index is -3.56. The van der Waals surface area contributed by atoms with Gasteiger partial charge in [0.2, 0.25) is 15.0 Å². The van der Waals surface area contributed by atoms with Crippen molar-refractivity contribution in [1.29, 1.82) is 0 Å². The van der Waals surface area contributed by atoms with E-state index in [9.17, 15) is 13.2 Å². The number of ether oxygens (including phenoxy) is 1. The minimum Gasteiger partial charge on any atom is -0.497 e. The maximum atomic E-state index is 11.9. The molecule has 0 saturated carbocycles. The molecule has 1 unspecified atom stereocenters. The minimum absolute atomic E-state index is 0.0434. The molecule has 1 saturated heterocycles. The number of rotatable bonds is 5. The Morgan fingerprint density at radius 3 is 2.85 bits per heavy atom. The van der Waals surface area contributed by atoms with Crippen LogP contribution >= 0.6 is 10.7 Å². The zero-order chi connectivity index (χ0) is 14.8. The molecular formula is C13H16ClNO4S. The van der Waals surface area contributed by atoms with Gasteiger partial charge in [-0.05, 0) is 17.7 Å². The summed E-state index contributed by atoms with van der Waals surface area (Å²) in [6, 6.07) is 7.45. The lowest BCUT2D eigenvalue weighted by Gasteiger charge is -2.17. The molecule has 7 heteroatoms. The molecule has 1 aliphatic heterocycles. The standard InChI is InChI=1S/C13H16ClNO4S/c1-19-12-4-2-3-10(5-12)7-15-8-11(6-13(15)16)9-20(14,17)18/h2-5,11H,6-9H2,1H3. The average molecular weight is 318 g/mol. The van der Waals surface area contributed by atoms with Gasteiger partial charge < -0.3 is 9.64 Å². The zero-order valence-corrected chi connectivity index (χ0v) is 12.7. The number of methoxy groups -OCH3 is 1. The van der Waals surface area contributed by atoms with Gasteiger partial charge in [0.25, 0.3) is 0 Å². The third kappa shape index (κ3) is 4.11. The second kappa shape index (κ2) is 6.01. The second-order valence-electron chi connectivity index (χ2n) is 4.90. The molecule has 0 spiro atoms. The van der Waals surface area contributed by atoms with Gasteiger partial charge in [0.15, 0.2) is 0 Å². The van der Waals surface area contributed by atoms with Crippen molar-refractivity contribution < 1.29 is 17.9 Å². The molecule has 0 radical (unpaired) electrons. The first-order valence-electron chi connectivity index (χ1n) is 6.20. The van der Waals surface area contributed by atoms with E-state index in [1.54, 1.807) is 12.0 Å². The van der Waals surface area contributed by atoms with Crippen molar-refractivity contribution >= 4 is 25.6 Å². The SMILES string of the molecule is COc1cccc(CN2CC(CS(=O)(=O)Cl)CC2=O)c1. The summed E-state index contributed by atoms with van der Waals surface area (Å²) in [5.74, 6) is 0.303. The van der Waals surface area contributed by atoms with E-state index in [1.165, 1.54) is 0 Å². The first kappa shape index (κ1) is 15.1. The molecule has 1 fully saturated rings. The third-order valence-electron chi connectivity index (χ3n) is 3.24. The lowest BCUT2D eigenvalue weighted by atomic mass is 10.1. The van der Waals surface area contributed by atoms with Crippen LogP contribution in [0.25, 0.3) is 0 Å². The maximum absolute atomic E-state index is 11.9. The Morgan fingerprint density at radius 1 is 1.45 bits per heavy atom. The van der Waals surface area contributed by atoms with Crippen molar-refractivity contribution in [1.82, 2.24) is 4.90 Å². The van der Waals surface area contributed by atoms with Crippen LogP contribution in [0.5, 0.6) is 5.75 Å². The number of halogens is 1. The Labute approximate surface area is 122 Å². The molecule has 0 N–H and O–H groups in total. The molecule has 20 heavy (non-hydrogen) atoms. The summed E-state index contributed by atoms with van der Waals surface area (Å²) in [7, 11) is 3.25. The van der Waals surface area contributed by atoms with Gasteiger partial charge in [-0.15, -0.1) is 0 Å². The van der Waals surface area contributed by atoms with Crippen LogP contribution in [0, 0.1) is 5.92 Å². The second-order valence-corrected chi connectivity index (χ2v) is 7.72. The number of hydrogen-bond donors (Lipinski definition) is 0. The fourth-order valence-corrected chi connectivity index (χ4v) is 3.71. The highest BCUT2D eigenvalue weighted by atomic mass is 35.7. The van der Waals surface area contributed by atoms with Crippen LogP contribution in [0.4, 0.5) is 0 Å². The van der Waals surface area contributed by atoms with Crippen molar-refractivity contribution in [3.05, 3.63) is 29.8 Å². The van der Waals surface area contributed by atoms with Crippen molar-refractivity contribution in [2.45, 2.75) is 13.0 Å². The van der Waals surface area contributed by atoms with E-state index >= 15 is 0 Å². The van der Waals surface area contributed by atoms with Gasteiger partial charge in [-0.1, -0.05) is 12.1 Å². The van der Waals surface area contributed by atoms with Crippen molar-refractivity contribution in [2.24, 2.45) is 5.92 Å². The molecule has 1 aromatic rings. The van der Waals surface area contributed by atoms with Crippen LogP contribution in [0.15, 0.2) is 24.3 Å². The van der Waals surface area contributed by atoms with Crippen LogP contribution in [0.2, 0.25) is 0 Å². The number of carbonyl (C=O) groups is 1. The highest BCUT2D eigenvalue weighted by molar-refractivity contribution is 8.13. The number of hydrogen-bond acceptors (Lipinski definition) is 4. The van der Waals surface area contributed by atoms with Gasteiger partial charge in [-0.2, -0.15) is 0 Å². The van der Waals surface area contributed by atoms with Crippen molar-refractivity contribution in [3.63, 3.8) is 0 Å². The number of likely N-dealkylation sites (tertiary alicyclic amines) is 1. The number of nitrogens with zero attached hydrogens (tertiary/aromatic N) is 1. The largest absolute Gasteiger partial charge is 0.497 e. The smallest absolute Gasteiger partial charge is 0.232 e. The molecule has 1 aromatic carbocycles. The maximum Gasteiger partial charge on any atom is 0.232 e. The third-order valence-corrected chi connectivity index (χ3v) is 4.48. The van der Waals surface area contributed by atoms with E-state index in [2.05, 4.69) is 0 Å². The monoisotopic (exact) mass is 317 g/mol. The molecule has 0 aromatic heterocycles. The fraction of sp³-hybridized carbons (Fsp3) is 0.462. The molecule has 0 bridgehead atoms. The lowest BCUT2D eigenvalue weighted by molar-refractivity contribution is -0.128. The van der Waals surface area contributed by atoms with Gasteiger partial charge in [-0.25, -0.2) is 8.42 Å². The van der Waals surface area contributed by atoms with E-state index in [0.29, 0.717) is 13.1 Å². The van der Waals surface area contributed by atoms with Gasteiger partial charge in [0, 0.05) is 36.1 Å². The highest BCUT2D eigenvalue weighted by Gasteiger charge is 2.32. The van der Waals surface area contributed by atoms with E-state index in [4.69, 9.17) is 15.4 Å². The molecular weight excluding hydrogens is 302 g/mol. The summed E-state index contributed by atoms with van der Waals surface area (Å²) in [6.07, 6.45) is 0.232. The van der Waals surface area contributed by atoms with Crippen LogP contribution in [0.1, 0.15) is 12.0 Å². The van der Waals surface area contributed by atoms with Gasteiger partial charge in [-0.3, -0.25) is 4.79 Å². The normalized spacial score (nSPS) is 19.4. The lowest BCUT2D eigenvalue weighted by Crippen LogP contribution is -2.25. The Balaban J connectivity index is 2.01. The summed E-state index contributed by atoms with van der Waals surface area (Å²) in [6.45, 7) is 0.872. The Kier molecular flexibility index (Phi) is 4.55. The van der Waals surface area contributed by atoms with Crippen LogP contribution in [0.3, 0.4) is 0 Å². The van der Waals surface area contributed by atoms with E-state index < -0.39 is 9.05 Å². The van der Waals surface area contributed by atoms with E-state index in [-0.39, 0.29) is 24.0 Å². The first-order chi connectivity index (χ1) is 9.37. The zero-order valence-electron chi connectivity index (χ0n) is 11.1. The fourth-order valence-electron chi connectivity index (χ4n) is 2.39. The molecule has 2 rings (SSSR count). The number of benzene rings is 1. The molecule has 1 heterocycles. The van der Waals surface area contributed by atoms with Gasteiger partial charge >= 0.3 is 0 Å². The summed E-state index contributed by atoms with van der Waals surface area (Å²) in [4.78, 5) is 13.5. The van der Waals surface area contributed by atoms with Crippen molar-refractivity contribution in [3.8, 4) is 5.75 Å². The number of carbonyl (C=O) groups excluding carboxylic acids is 1. The Morgan fingerprint density at radius 2 is 2.20 bits per heavy atom. The predicted molar refractivity (Wildman–Crippen MR) is 76.2 cm³/mol. The highest BCUT2D eigenvalue weighted by Crippen LogP contribution is 2.23. The van der Waals surface area contributed by atoms with E-state index in [0.717, 1.165) is 11.3 Å². The summed E-state index contributed by atoms with van der Waals surface area (Å²) < 4.78 is 27.3. The summed E-state index contributed by atoms with van der Waals surface area (Å²) in [5, 5.41) is 0. The summed E-state index contributed by atoms with van der Waals surface area (Å²) >= 11 is 0. The van der Waals surface area contributed by atoms with Gasteiger partial charge in [0.05, 0.1) is 12.9 Å². The molecule has 0 aliphatic carbocycles. The molecule has 1 aliphatic rings. The van der Waals surface area contributed by atoms with Gasteiger partial charge in [0.1, 0.15) is 5.75 Å². The Bertz CT molecular complexity index is 602. The Hall–Kier alpha value is -1.27. The first-order valence-corrected chi connectivity index (χ1v) is 8.68. The van der Waals surface area contributed by atoms with Crippen LogP contribution in [-0.2, 0) is 20.4 Å². The van der Waals surface area contributed by atoms with E-state index in [1.807, 2.05) is 24.3 Å². The molecule has 110 valence electrons. The molecule has 5 nitrogen and oxygen atoms in total. The summed E-state index contributed by atoms with van der Waals surface area (Å²) in [5.41, 5.74) is 0.951. The van der Waals surface area contributed by atoms with Crippen molar-refractivity contribution in [2.75, 3.05) is 19.4 Å². The molecule has 1 amide bonds. The number of amides is 1. The molecule has 1 atom stereocenters. The quantitative estimate of drug-likeness (QED) is 0.774. The predicted octanol–water partition coefficient (Wildman–Crippen LogP) is 1.61. The van der Waals surface area contributed by atoms with Crippen LogP contribution in [-0.4, -0.2) is 38.6 Å². The topological polar surface area (TPSA) is 63.7 Å². The average Bonchev–Trinajstić information content (AvgIpc) is 2.67. The van der Waals surface area contributed by atoms with Crippen LogP contribution < -0.4 is 4.74 Å².